The van der Waals surface area contributed by atoms with E-state index in [9.17, 15) is 18.0 Å². The first-order valence-corrected chi connectivity index (χ1v) is 12.8. The van der Waals surface area contributed by atoms with Gasteiger partial charge in [-0.15, -0.1) is 0 Å². The molecule has 0 saturated carbocycles. The minimum absolute atomic E-state index is 0.0650. The molecule has 10 heteroatoms. The highest BCUT2D eigenvalue weighted by atomic mass is 32.2. The molecule has 1 aliphatic heterocycles. The van der Waals surface area contributed by atoms with Gasteiger partial charge in [-0.25, -0.2) is 18.2 Å². The number of sulfonamides is 1. The molecule has 180 valence electrons. The Morgan fingerprint density at radius 1 is 1.21 bits per heavy atom. The van der Waals surface area contributed by atoms with Gasteiger partial charge < -0.3 is 10.1 Å². The van der Waals surface area contributed by atoms with Gasteiger partial charge in [-0.1, -0.05) is 18.6 Å². The molecular formula is C24H28N4O5S. The topological polar surface area (TPSA) is 111 Å². The van der Waals surface area contributed by atoms with E-state index in [4.69, 9.17) is 4.74 Å². The number of carbonyl (C=O) groups excluding carboxylic acids is 1. The maximum atomic E-state index is 13.2. The molecule has 1 saturated heterocycles. The van der Waals surface area contributed by atoms with E-state index in [1.54, 1.807) is 30.3 Å². The van der Waals surface area contributed by atoms with Crippen LogP contribution in [-0.4, -0.2) is 47.4 Å². The van der Waals surface area contributed by atoms with E-state index in [1.807, 2.05) is 13.8 Å². The molecule has 0 unspecified atom stereocenters. The third-order valence-electron chi connectivity index (χ3n) is 5.95. The molecule has 34 heavy (non-hydrogen) atoms. The Hall–Kier alpha value is -3.24. The molecular weight excluding hydrogens is 456 g/mol. The highest BCUT2D eigenvalue weighted by Gasteiger charge is 2.31. The van der Waals surface area contributed by atoms with Gasteiger partial charge in [0.15, 0.2) is 0 Å². The van der Waals surface area contributed by atoms with Crippen LogP contribution >= 0.6 is 0 Å². The standard InChI is InChI=1S/C24H28N4O5S/c1-3-33-22-10-5-4-9-20(22)26-23(29)16-27-21-12-11-19(14-18(21)15-25-24(27)30)34(31,32)28-13-7-6-8-17(28)2/h4-5,9-12,14-15,17H,3,6-8,13,16H2,1-2H3,(H,26,29)/t17-/m1/s1. The van der Waals surface area contributed by atoms with E-state index < -0.39 is 21.6 Å². The number of ether oxygens (including phenoxy) is 1. The second-order valence-electron chi connectivity index (χ2n) is 8.29. The second kappa shape index (κ2) is 9.94. The smallest absolute Gasteiger partial charge is 0.348 e. The number of nitrogens with zero attached hydrogens (tertiary/aromatic N) is 3. The summed E-state index contributed by atoms with van der Waals surface area (Å²) in [5.41, 5.74) is 0.333. The Balaban J connectivity index is 1.62. The number of rotatable bonds is 7. The number of hydrogen-bond donors (Lipinski definition) is 1. The first-order chi connectivity index (χ1) is 16.3. The predicted octanol–water partition coefficient (Wildman–Crippen LogP) is 3.00. The zero-order valence-electron chi connectivity index (χ0n) is 19.2. The van der Waals surface area contributed by atoms with Crippen molar-refractivity contribution in [2.75, 3.05) is 18.5 Å². The lowest BCUT2D eigenvalue weighted by Crippen LogP contribution is -2.41. The molecule has 1 atom stereocenters. The number of hydrogen-bond acceptors (Lipinski definition) is 6. The van der Waals surface area contributed by atoms with Crippen LogP contribution in [0, 0.1) is 0 Å². The van der Waals surface area contributed by atoms with Gasteiger partial charge in [0, 0.05) is 24.2 Å². The number of para-hydroxylation sites is 2. The minimum atomic E-state index is -3.67. The number of fused-ring (bicyclic) bond motifs is 1. The van der Waals surface area contributed by atoms with Crippen LogP contribution in [0.4, 0.5) is 5.69 Å². The SMILES string of the molecule is CCOc1ccccc1NC(=O)Cn1c(=O)ncc2cc(S(=O)(=O)N3CCCC[C@H]3C)ccc21. The van der Waals surface area contributed by atoms with Gasteiger partial charge >= 0.3 is 5.69 Å². The van der Waals surface area contributed by atoms with Crippen LogP contribution in [0.3, 0.4) is 0 Å². The van der Waals surface area contributed by atoms with Crippen molar-refractivity contribution in [2.45, 2.75) is 50.6 Å². The molecule has 4 rings (SSSR count). The van der Waals surface area contributed by atoms with Crippen molar-refractivity contribution in [3.05, 3.63) is 59.1 Å². The molecule has 3 aromatic rings. The van der Waals surface area contributed by atoms with Crippen LogP contribution in [0.15, 0.2) is 58.4 Å². The van der Waals surface area contributed by atoms with Gasteiger partial charge in [0.05, 0.1) is 22.7 Å². The lowest BCUT2D eigenvalue weighted by Gasteiger charge is -2.32. The van der Waals surface area contributed by atoms with Gasteiger partial charge in [-0.2, -0.15) is 4.31 Å². The van der Waals surface area contributed by atoms with E-state index in [1.165, 1.54) is 27.2 Å². The van der Waals surface area contributed by atoms with E-state index in [2.05, 4.69) is 10.3 Å². The summed E-state index contributed by atoms with van der Waals surface area (Å²) in [5, 5.41) is 3.23. The summed E-state index contributed by atoms with van der Waals surface area (Å²) >= 11 is 0. The number of nitrogens with one attached hydrogen (secondary N) is 1. The molecule has 1 fully saturated rings. The Labute approximate surface area is 198 Å². The summed E-state index contributed by atoms with van der Waals surface area (Å²) in [6.45, 7) is 4.42. The molecule has 2 heterocycles. The van der Waals surface area contributed by atoms with Crippen molar-refractivity contribution in [1.29, 1.82) is 0 Å². The lowest BCUT2D eigenvalue weighted by molar-refractivity contribution is -0.116. The van der Waals surface area contributed by atoms with Crippen LogP contribution in [0.2, 0.25) is 0 Å². The zero-order chi connectivity index (χ0) is 24.3. The maximum Gasteiger partial charge on any atom is 0.348 e. The number of aromatic nitrogens is 2. The fourth-order valence-corrected chi connectivity index (χ4v) is 5.98. The monoisotopic (exact) mass is 484 g/mol. The van der Waals surface area contributed by atoms with Crippen LogP contribution in [0.5, 0.6) is 5.75 Å². The van der Waals surface area contributed by atoms with E-state index >= 15 is 0 Å². The first-order valence-electron chi connectivity index (χ1n) is 11.3. The number of anilines is 1. The van der Waals surface area contributed by atoms with Crippen LogP contribution in [-0.2, 0) is 21.4 Å². The molecule has 0 bridgehead atoms. The number of amides is 1. The summed E-state index contributed by atoms with van der Waals surface area (Å²) < 4.78 is 34.7. The predicted molar refractivity (Wildman–Crippen MR) is 129 cm³/mol. The largest absolute Gasteiger partial charge is 0.492 e. The molecule has 9 nitrogen and oxygen atoms in total. The van der Waals surface area contributed by atoms with Gasteiger partial charge in [0.25, 0.3) is 0 Å². The summed E-state index contributed by atoms with van der Waals surface area (Å²) in [5.74, 6) is 0.103. The molecule has 0 spiro atoms. The van der Waals surface area contributed by atoms with Gasteiger partial charge in [-0.3, -0.25) is 9.36 Å². The molecule has 0 radical (unpaired) electrons. The van der Waals surface area contributed by atoms with Crippen LogP contribution < -0.4 is 15.7 Å². The Bertz CT molecular complexity index is 1370. The van der Waals surface area contributed by atoms with E-state index in [0.29, 0.717) is 35.5 Å². The van der Waals surface area contributed by atoms with Gasteiger partial charge in [-0.05, 0) is 57.0 Å². The van der Waals surface area contributed by atoms with Crippen LogP contribution in [0.1, 0.15) is 33.1 Å². The van der Waals surface area contributed by atoms with Crippen molar-refractivity contribution in [3.63, 3.8) is 0 Å². The van der Waals surface area contributed by atoms with Gasteiger partial charge in [0.1, 0.15) is 12.3 Å². The first kappa shape index (κ1) is 23.9. The third-order valence-corrected chi connectivity index (χ3v) is 7.96. The Morgan fingerprint density at radius 3 is 2.76 bits per heavy atom. The van der Waals surface area contributed by atoms with Gasteiger partial charge in [0.2, 0.25) is 15.9 Å². The number of carbonyl (C=O) groups is 1. The molecule has 1 N–H and O–H groups in total. The Morgan fingerprint density at radius 2 is 2.00 bits per heavy atom. The number of piperidine rings is 1. The average molecular weight is 485 g/mol. The van der Waals surface area contributed by atoms with E-state index in [0.717, 1.165) is 19.3 Å². The summed E-state index contributed by atoms with van der Waals surface area (Å²) in [7, 11) is -3.67. The van der Waals surface area contributed by atoms with Crippen molar-refractivity contribution in [3.8, 4) is 5.75 Å². The fraction of sp³-hybridized carbons (Fsp3) is 0.375. The summed E-state index contributed by atoms with van der Waals surface area (Å²) in [6.07, 6.45) is 4.02. The molecule has 1 aromatic heterocycles. The number of benzene rings is 2. The highest BCUT2D eigenvalue weighted by Crippen LogP contribution is 2.27. The molecule has 0 aliphatic carbocycles. The Kier molecular flexibility index (Phi) is 6.99. The summed E-state index contributed by atoms with van der Waals surface area (Å²) in [6, 6.07) is 11.5. The molecule has 1 amide bonds. The zero-order valence-corrected chi connectivity index (χ0v) is 20.0. The second-order valence-corrected chi connectivity index (χ2v) is 10.2. The van der Waals surface area contributed by atoms with Crippen molar-refractivity contribution < 1.29 is 17.9 Å². The highest BCUT2D eigenvalue weighted by molar-refractivity contribution is 7.89. The molecule has 1 aliphatic rings. The quantitative estimate of drug-likeness (QED) is 0.552. The lowest BCUT2D eigenvalue weighted by atomic mass is 10.1. The fourth-order valence-electron chi connectivity index (χ4n) is 4.24. The maximum absolute atomic E-state index is 13.2. The van der Waals surface area contributed by atoms with E-state index in [-0.39, 0.29) is 17.5 Å². The average Bonchev–Trinajstić information content (AvgIpc) is 2.82. The minimum Gasteiger partial charge on any atom is -0.492 e. The van der Waals surface area contributed by atoms with Crippen molar-refractivity contribution in [1.82, 2.24) is 13.9 Å². The molecule has 2 aromatic carbocycles. The normalized spacial score (nSPS) is 16.9. The third kappa shape index (κ3) is 4.83. The van der Waals surface area contributed by atoms with Crippen molar-refractivity contribution >= 4 is 32.5 Å². The van der Waals surface area contributed by atoms with Crippen molar-refractivity contribution in [2.24, 2.45) is 0 Å². The van der Waals surface area contributed by atoms with Crippen LogP contribution in [0.25, 0.3) is 10.9 Å². The summed E-state index contributed by atoms with van der Waals surface area (Å²) in [4.78, 5) is 29.2.